The number of carbonyl (C=O) groups is 1. The van der Waals surface area contributed by atoms with Crippen LogP contribution in [0.15, 0.2) is 18.2 Å². The molecule has 1 amide bonds. The zero-order valence-corrected chi connectivity index (χ0v) is 13.2. The standard InChI is InChI=1S/C16H26N2O2/c1-12(2)20-9-8-16(19)17-15-7-6-13(3)10-14(15)11-18(4)5/h6-7,10,12H,8-9,11H2,1-5H3,(H,17,19). The third-order valence-electron chi connectivity index (χ3n) is 2.80. The number of hydrogen-bond acceptors (Lipinski definition) is 3. The molecule has 0 radical (unpaired) electrons. The van der Waals surface area contributed by atoms with Gasteiger partial charge in [-0.25, -0.2) is 0 Å². The summed E-state index contributed by atoms with van der Waals surface area (Å²) < 4.78 is 5.40. The zero-order chi connectivity index (χ0) is 15.1. The van der Waals surface area contributed by atoms with Crippen LogP contribution in [0.5, 0.6) is 0 Å². The summed E-state index contributed by atoms with van der Waals surface area (Å²) in [5, 5.41) is 2.97. The van der Waals surface area contributed by atoms with Gasteiger partial charge in [-0.2, -0.15) is 0 Å². The van der Waals surface area contributed by atoms with E-state index >= 15 is 0 Å². The number of rotatable bonds is 7. The fourth-order valence-corrected chi connectivity index (χ4v) is 1.92. The number of nitrogens with zero attached hydrogens (tertiary/aromatic N) is 1. The minimum atomic E-state index is -0.00508. The summed E-state index contributed by atoms with van der Waals surface area (Å²) in [6.07, 6.45) is 0.541. The van der Waals surface area contributed by atoms with Gasteiger partial charge in [-0.05, 0) is 46.5 Å². The van der Waals surface area contributed by atoms with Crippen molar-refractivity contribution >= 4 is 11.6 Å². The van der Waals surface area contributed by atoms with Crippen LogP contribution in [0, 0.1) is 6.92 Å². The lowest BCUT2D eigenvalue weighted by Gasteiger charge is -2.16. The number of nitrogens with one attached hydrogen (secondary N) is 1. The minimum absolute atomic E-state index is 0.00508. The quantitative estimate of drug-likeness (QED) is 0.834. The Morgan fingerprint density at radius 3 is 2.65 bits per heavy atom. The van der Waals surface area contributed by atoms with Crippen LogP contribution in [0.1, 0.15) is 31.4 Å². The third kappa shape index (κ3) is 6.17. The fraction of sp³-hybridized carbons (Fsp3) is 0.562. The molecule has 1 N–H and O–H groups in total. The van der Waals surface area contributed by atoms with Crippen LogP contribution in [0.2, 0.25) is 0 Å². The monoisotopic (exact) mass is 278 g/mol. The zero-order valence-electron chi connectivity index (χ0n) is 13.2. The third-order valence-corrected chi connectivity index (χ3v) is 2.80. The number of benzene rings is 1. The van der Waals surface area contributed by atoms with E-state index in [1.807, 2.05) is 40.1 Å². The molecule has 0 saturated carbocycles. The van der Waals surface area contributed by atoms with E-state index in [-0.39, 0.29) is 12.0 Å². The normalized spacial score (nSPS) is 11.2. The lowest BCUT2D eigenvalue weighted by Crippen LogP contribution is -2.18. The van der Waals surface area contributed by atoms with Gasteiger partial charge in [0.15, 0.2) is 0 Å². The van der Waals surface area contributed by atoms with Crippen molar-refractivity contribution in [1.82, 2.24) is 4.90 Å². The summed E-state index contributed by atoms with van der Waals surface area (Å²) in [7, 11) is 4.04. The second kappa shape index (κ2) is 8.02. The molecule has 112 valence electrons. The van der Waals surface area contributed by atoms with Gasteiger partial charge in [-0.3, -0.25) is 4.79 Å². The van der Waals surface area contributed by atoms with Gasteiger partial charge in [-0.1, -0.05) is 17.7 Å². The smallest absolute Gasteiger partial charge is 0.226 e. The highest BCUT2D eigenvalue weighted by molar-refractivity contribution is 5.91. The molecule has 4 heteroatoms. The topological polar surface area (TPSA) is 41.6 Å². The summed E-state index contributed by atoms with van der Waals surface area (Å²) >= 11 is 0. The van der Waals surface area contributed by atoms with E-state index in [1.165, 1.54) is 5.56 Å². The molecule has 0 aliphatic rings. The van der Waals surface area contributed by atoms with E-state index in [1.54, 1.807) is 0 Å². The fourth-order valence-electron chi connectivity index (χ4n) is 1.92. The molecule has 0 aromatic heterocycles. The molecule has 0 heterocycles. The lowest BCUT2D eigenvalue weighted by molar-refractivity contribution is -0.117. The minimum Gasteiger partial charge on any atom is -0.378 e. The van der Waals surface area contributed by atoms with E-state index in [9.17, 15) is 4.79 Å². The molecule has 0 aliphatic heterocycles. The van der Waals surface area contributed by atoms with Crippen molar-refractivity contribution < 1.29 is 9.53 Å². The van der Waals surface area contributed by atoms with Crippen molar-refractivity contribution in [3.05, 3.63) is 29.3 Å². The van der Waals surface area contributed by atoms with Gasteiger partial charge >= 0.3 is 0 Å². The molecule has 0 fully saturated rings. The van der Waals surface area contributed by atoms with E-state index in [0.717, 1.165) is 17.8 Å². The first kappa shape index (κ1) is 16.7. The summed E-state index contributed by atoms with van der Waals surface area (Å²) in [6.45, 7) is 7.25. The highest BCUT2D eigenvalue weighted by Gasteiger charge is 2.08. The Hall–Kier alpha value is -1.39. The molecule has 0 aliphatic carbocycles. The molecule has 0 saturated heterocycles. The Bertz CT molecular complexity index is 442. The van der Waals surface area contributed by atoms with Crippen molar-refractivity contribution in [1.29, 1.82) is 0 Å². The largest absolute Gasteiger partial charge is 0.378 e. The van der Waals surface area contributed by atoms with E-state index < -0.39 is 0 Å². The maximum absolute atomic E-state index is 11.9. The molecular weight excluding hydrogens is 252 g/mol. The first-order valence-electron chi connectivity index (χ1n) is 7.04. The molecule has 1 aromatic carbocycles. The predicted molar refractivity (Wildman–Crippen MR) is 82.9 cm³/mol. The van der Waals surface area contributed by atoms with E-state index in [2.05, 4.69) is 23.2 Å². The molecule has 0 bridgehead atoms. The number of ether oxygens (including phenoxy) is 1. The van der Waals surface area contributed by atoms with Crippen molar-refractivity contribution in [2.24, 2.45) is 0 Å². The number of anilines is 1. The van der Waals surface area contributed by atoms with Crippen LogP contribution >= 0.6 is 0 Å². The van der Waals surface area contributed by atoms with Crippen LogP contribution in [-0.4, -0.2) is 37.6 Å². The van der Waals surface area contributed by atoms with Crippen LogP contribution < -0.4 is 5.32 Å². The number of aryl methyl sites for hydroxylation is 1. The van der Waals surface area contributed by atoms with Crippen molar-refractivity contribution in [3.63, 3.8) is 0 Å². The highest BCUT2D eigenvalue weighted by Crippen LogP contribution is 2.19. The number of amides is 1. The Kier molecular flexibility index (Phi) is 6.68. The Labute approximate surface area is 122 Å². The average molecular weight is 278 g/mol. The first-order chi connectivity index (χ1) is 9.38. The van der Waals surface area contributed by atoms with Crippen LogP contribution in [0.25, 0.3) is 0 Å². The molecule has 0 atom stereocenters. The molecule has 0 unspecified atom stereocenters. The van der Waals surface area contributed by atoms with Gasteiger partial charge in [0, 0.05) is 12.2 Å². The van der Waals surface area contributed by atoms with E-state index in [0.29, 0.717) is 13.0 Å². The van der Waals surface area contributed by atoms with Crippen LogP contribution in [0.4, 0.5) is 5.69 Å². The maximum Gasteiger partial charge on any atom is 0.226 e. The second-order valence-electron chi connectivity index (χ2n) is 5.62. The van der Waals surface area contributed by atoms with Crippen molar-refractivity contribution in [3.8, 4) is 0 Å². The van der Waals surface area contributed by atoms with Crippen LogP contribution in [0.3, 0.4) is 0 Å². The van der Waals surface area contributed by atoms with Crippen LogP contribution in [-0.2, 0) is 16.1 Å². The maximum atomic E-state index is 11.9. The summed E-state index contributed by atoms with van der Waals surface area (Å²) in [5.41, 5.74) is 3.22. The van der Waals surface area contributed by atoms with Crippen molar-refractivity contribution in [2.45, 2.75) is 39.8 Å². The molecule has 1 rings (SSSR count). The van der Waals surface area contributed by atoms with E-state index in [4.69, 9.17) is 4.74 Å². The summed E-state index contributed by atoms with van der Waals surface area (Å²) in [5.74, 6) is -0.00508. The summed E-state index contributed by atoms with van der Waals surface area (Å²) in [4.78, 5) is 14.0. The molecular formula is C16H26N2O2. The predicted octanol–water partition coefficient (Wildman–Crippen LogP) is 2.81. The first-order valence-corrected chi connectivity index (χ1v) is 7.04. The molecule has 4 nitrogen and oxygen atoms in total. The number of carbonyl (C=O) groups excluding carboxylic acids is 1. The lowest BCUT2D eigenvalue weighted by atomic mass is 10.1. The molecule has 0 spiro atoms. The Morgan fingerprint density at radius 2 is 2.05 bits per heavy atom. The van der Waals surface area contributed by atoms with Gasteiger partial charge in [0.1, 0.15) is 0 Å². The molecule has 1 aromatic rings. The average Bonchev–Trinajstić information content (AvgIpc) is 2.31. The Morgan fingerprint density at radius 1 is 1.35 bits per heavy atom. The van der Waals surface area contributed by atoms with Gasteiger partial charge in [0.2, 0.25) is 5.91 Å². The van der Waals surface area contributed by atoms with Crippen molar-refractivity contribution in [2.75, 3.05) is 26.0 Å². The van der Waals surface area contributed by atoms with Gasteiger partial charge < -0.3 is 15.0 Å². The second-order valence-corrected chi connectivity index (χ2v) is 5.62. The Balaban J connectivity index is 2.64. The van der Waals surface area contributed by atoms with Gasteiger partial charge in [0.25, 0.3) is 0 Å². The summed E-state index contributed by atoms with van der Waals surface area (Å²) in [6, 6.07) is 6.09. The number of hydrogen-bond donors (Lipinski definition) is 1. The van der Waals surface area contributed by atoms with Gasteiger partial charge in [-0.15, -0.1) is 0 Å². The highest BCUT2D eigenvalue weighted by atomic mass is 16.5. The molecule has 20 heavy (non-hydrogen) atoms. The van der Waals surface area contributed by atoms with Gasteiger partial charge in [0.05, 0.1) is 19.1 Å². The SMILES string of the molecule is Cc1ccc(NC(=O)CCOC(C)C)c(CN(C)C)c1.